The molecule has 0 unspecified atom stereocenters. The quantitative estimate of drug-likeness (QED) is 0.570. The second-order valence-corrected chi connectivity index (χ2v) is 5.82. The molecule has 8 heteroatoms. The molecule has 0 aliphatic carbocycles. The van der Waals surface area contributed by atoms with E-state index in [9.17, 15) is 14.4 Å². The van der Waals surface area contributed by atoms with Gasteiger partial charge in [0.2, 0.25) is 5.91 Å². The molecule has 0 atom stereocenters. The molecule has 0 saturated heterocycles. The van der Waals surface area contributed by atoms with Gasteiger partial charge in [-0.15, -0.1) is 0 Å². The summed E-state index contributed by atoms with van der Waals surface area (Å²) in [4.78, 5) is 39.3. The van der Waals surface area contributed by atoms with Gasteiger partial charge in [0.25, 0.3) is 0 Å². The van der Waals surface area contributed by atoms with Crippen molar-refractivity contribution in [2.75, 3.05) is 26.6 Å². The fourth-order valence-corrected chi connectivity index (χ4v) is 2.79. The molecule has 27 heavy (non-hydrogen) atoms. The van der Waals surface area contributed by atoms with Crippen LogP contribution >= 0.6 is 0 Å². The van der Waals surface area contributed by atoms with E-state index in [-0.39, 0.29) is 23.5 Å². The molecule has 0 bridgehead atoms. The van der Waals surface area contributed by atoms with E-state index in [0.29, 0.717) is 28.4 Å². The number of H-pyrrole nitrogens is 1. The fraction of sp³-hybridized carbons (Fsp3) is 0.316. The van der Waals surface area contributed by atoms with Gasteiger partial charge in [0.15, 0.2) is 5.78 Å². The number of amides is 1. The van der Waals surface area contributed by atoms with Gasteiger partial charge in [-0.2, -0.15) is 0 Å². The standard InChI is InChI=1S/C19H22N2O6/c1-10-17(19(24)27-5)14(21-18(10)11(2)22)9-16(23)20-13-8-12(25-3)6-7-15(13)26-4/h6-8,21H,9H2,1-5H3,(H,20,23). The number of anilines is 1. The molecule has 0 aliphatic rings. The second-order valence-electron chi connectivity index (χ2n) is 5.82. The Balaban J connectivity index is 2.32. The maximum atomic E-state index is 12.5. The highest BCUT2D eigenvalue weighted by Crippen LogP contribution is 2.29. The number of aromatic nitrogens is 1. The van der Waals surface area contributed by atoms with Crippen LogP contribution in [0.25, 0.3) is 0 Å². The van der Waals surface area contributed by atoms with E-state index < -0.39 is 11.9 Å². The van der Waals surface area contributed by atoms with Gasteiger partial charge >= 0.3 is 5.97 Å². The number of methoxy groups -OCH3 is 3. The van der Waals surface area contributed by atoms with Gasteiger partial charge in [0, 0.05) is 18.7 Å². The smallest absolute Gasteiger partial charge is 0.339 e. The van der Waals surface area contributed by atoms with Crippen molar-refractivity contribution >= 4 is 23.3 Å². The van der Waals surface area contributed by atoms with E-state index in [1.54, 1.807) is 25.1 Å². The third-order valence-electron chi connectivity index (χ3n) is 4.09. The van der Waals surface area contributed by atoms with E-state index in [2.05, 4.69) is 10.3 Å². The van der Waals surface area contributed by atoms with Crippen molar-refractivity contribution < 1.29 is 28.6 Å². The van der Waals surface area contributed by atoms with Crippen LogP contribution in [0.5, 0.6) is 11.5 Å². The first-order valence-electron chi connectivity index (χ1n) is 8.14. The molecule has 0 aliphatic heterocycles. The molecule has 2 N–H and O–H groups in total. The maximum absolute atomic E-state index is 12.5. The Morgan fingerprint density at radius 3 is 2.37 bits per heavy atom. The van der Waals surface area contributed by atoms with Gasteiger partial charge in [-0.1, -0.05) is 0 Å². The van der Waals surface area contributed by atoms with Crippen LogP contribution in [0.1, 0.15) is 39.0 Å². The van der Waals surface area contributed by atoms with E-state index in [1.807, 2.05) is 0 Å². The van der Waals surface area contributed by atoms with Crippen LogP contribution in [0.4, 0.5) is 5.69 Å². The molecule has 144 valence electrons. The second kappa shape index (κ2) is 8.39. The van der Waals surface area contributed by atoms with Gasteiger partial charge in [-0.05, 0) is 24.6 Å². The summed E-state index contributed by atoms with van der Waals surface area (Å²) in [6.45, 7) is 3.01. The Labute approximate surface area is 156 Å². The SMILES string of the molecule is COC(=O)c1c(CC(=O)Nc2cc(OC)ccc2OC)[nH]c(C(C)=O)c1C. The van der Waals surface area contributed by atoms with Gasteiger partial charge in [0.1, 0.15) is 11.5 Å². The number of carbonyl (C=O) groups excluding carboxylic acids is 3. The summed E-state index contributed by atoms with van der Waals surface area (Å²) in [7, 11) is 4.24. The summed E-state index contributed by atoms with van der Waals surface area (Å²) in [6, 6.07) is 5.00. The number of ketones is 1. The summed E-state index contributed by atoms with van der Waals surface area (Å²) in [5, 5.41) is 2.73. The number of carbonyl (C=O) groups is 3. The number of hydrogen-bond acceptors (Lipinski definition) is 6. The van der Waals surface area contributed by atoms with E-state index in [4.69, 9.17) is 14.2 Å². The zero-order valence-corrected chi connectivity index (χ0v) is 15.9. The molecule has 1 amide bonds. The highest BCUT2D eigenvalue weighted by molar-refractivity contribution is 6.02. The van der Waals surface area contributed by atoms with Crippen molar-refractivity contribution in [2.24, 2.45) is 0 Å². The molecule has 1 aromatic heterocycles. The van der Waals surface area contributed by atoms with Gasteiger partial charge in [-0.25, -0.2) is 4.79 Å². The van der Waals surface area contributed by atoms with Crippen molar-refractivity contribution in [2.45, 2.75) is 20.3 Å². The van der Waals surface area contributed by atoms with E-state index in [1.165, 1.54) is 28.3 Å². The van der Waals surface area contributed by atoms with Crippen molar-refractivity contribution in [1.29, 1.82) is 0 Å². The third kappa shape index (κ3) is 4.28. The molecular weight excluding hydrogens is 352 g/mol. The van der Waals surface area contributed by atoms with Crippen LogP contribution < -0.4 is 14.8 Å². The lowest BCUT2D eigenvalue weighted by Crippen LogP contribution is -2.17. The molecule has 0 saturated carbocycles. The van der Waals surface area contributed by atoms with E-state index in [0.717, 1.165) is 0 Å². The summed E-state index contributed by atoms with van der Waals surface area (Å²) in [5.74, 6) is -0.236. The van der Waals surface area contributed by atoms with Crippen molar-refractivity contribution in [1.82, 2.24) is 4.98 Å². The van der Waals surface area contributed by atoms with Crippen molar-refractivity contribution in [3.05, 3.63) is 40.7 Å². The summed E-state index contributed by atoms with van der Waals surface area (Å²) in [6.07, 6.45) is -0.154. The van der Waals surface area contributed by atoms with E-state index >= 15 is 0 Å². The minimum absolute atomic E-state index is 0.154. The Kier molecular flexibility index (Phi) is 6.23. The predicted octanol–water partition coefficient (Wildman–Crippen LogP) is 2.51. The number of ether oxygens (including phenoxy) is 3. The molecule has 0 spiro atoms. The first-order chi connectivity index (χ1) is 12.8. The third-order valence-corrected chi connectivity index (χ3v) is 4.09. The van der Waals surface area contributed by atoms with Crippen LogP contribution in [0.2, 0.25) is 0 Å². The number of esters is 1. The van der Waals surface area contributed by atoms with Crippen molar-refractivity contribution in [3.8, 4) is 11.5 Å². The number of hydrogen-bond donors (Lipinski definition) is 2. The minimum atomic E-state index is -0.613. The zero-order chi connectivity index (χ0) is 20.1. The van der Waals surface area contributed by atoms with Gasteiger partial charge in [0.05, 0.1) is 44.7 Å². The number of rotatable bonds is 7. The summed E-state index contributed by atoms with van der Waals surface area (Å²) >= 11 is 0. The Hall–Kier alpha value is -3.29. The van der Waals surface area contributed by atoms with Crippen LogP contribution in [0, 0.1) is 6.92 Å². The van der Waals surface area contributed by atoms with Crippen molar-refractivity contribution in [3.63, 3.8) is 0 Å². The van der Waals surface area contributed by atoms with Crippen LogP contribution in [-0.4, -0.2) is 44.0 Å². The summed E-state index contributed by atoms with van der Waals surface area (Å²) in [5.41, 5.74) is 1.66. The lowest BCUT2D eigenvalue weighted by atomic mass is 10.1. The number of Topliss-reactive ketones (excluding diaryl/α,β-unsaturated/α-hetero) is 1. The zero-order valence-electron chi connectivity index (χ0n) is 15.9. The van der Waals surface area contributed by atoms with Crippen LogP contribution in [0.3, 0.4) is 0 Å². The van der Waals surface area contributed by atoms with Crippen LogP contribution in [-0.2, 0) is 16.0 Å². The Bertz CT molecular complexity index is 885. The number of benzene rings is 1. The maximum Gasteiger partial charge on any atom is 0.339 e. The average Bonchev–Trinajstić information content (AvgIpc) is 2.97. The predicted molar refractivity (Wildman–Crippen MR) is 98.8 cm³/mol. The molecule has 8 nitrogen and oxygen atoms in total. The molecule has 2 aromatic rings. The van der Waals surface area contributed by atoms with Gasteiger partial charge < -0.3 is 24.5 Å². The first kappa shape index (κ1) is 20.0. The Morgan fingerprint density at radius 1 is 1.11 bits per heavy atom. The summed E-state index contributed by atoms with van der Waals surface area (Å²) < 4.78 is 15.2. The number of aromatic amines is 1. The highest BCUT2D eigenvalue weighted by atomic mass is 16.5. The highest BCUT2D eigenvalue weighted by Gasteiger charge is 2.24. The Morgan fingerprint density at radius 2 is 1.81 bits per heavy atom. The molecular formula is C19H22N2O6. The van der Waals surface area contributed by atoms with Gasteiger partial charge in [-0.3, -0.25) is 9.59 Å². The lowest BCUT2D eigenvalue weighted by molar-refractivity contribution is -0.115. The molecule has 0 fully saturated rings. The average molecular weight is 374 g/mol. The number of nitrogens with one attached hydrogen (secondary N) is 2. The monoisotopic (exact) mass is 374 g/mol. The normalized spacial score (nSPS) is 10.3. The fourth-order valence-electron chi connectivity index (χ4n) is 2.79. The molecule has 1 heterocycles. The first-order valence-corrected chi connectivity index (χ1v) is 8.14. The molecule has 2 rings (SSSR count). The molecule has 1 aromatic carbocycles. The molecule has 0 radical (unpaired) electrons. The van der Waals surface area contributed by atoms with Crippen LogP contribution in [0.15, 0.2) is 18.2 Å². The topological polar surface area (TPSA) is 107 Å². The lowest BCUT2D eigenvalue weighted by Gasteiger charge is -2.12. The largest absolute Gasteiger partial charge is 0.497 e. The minimum Gasteiger partial charge on any atom is -0.497 e.